The molecule has 0 radical (unpaired) electrons. The third-order valence-corrected chi connectivity index (χ3v) is 4.28. The Morgan fingerprint density at radius 1 is 1.56 bits per heavy atom. The van der Waals surface area contributed by atoms with Crippen molar-refractivity contribution in [2.24, 2.45) is 5.73 Å². The Morgan fingerprint density at radius 2 is 2.39 bits per heavy atom. The maximum absolute atomic E-state index is 11.3. The van der Waals surface area contributed by atoms with Crippen molar-refractivity contribution in [3.8, 4) is 0 Å². The van der Waals surface area contributed by atoms with Crippen LogP contribution in [0.15, 0.2) is 4.47 Å². The summed E-state index contributed by atoms with van der Waals surface area (Å²) < 4.78 is 8.24. The Balaban J connectivity index is 1.99. The number of halogens is 1. The van der Waals surface area contributed by atoms with E-state index < -0.39 is 5.91 Å². The Bertz CT molecular complexity index is 482. The van der Waals surface area contributed by atoms with Crippen LogP contribution in [0.5, 0.6) is 0 Å². The van der Waals surface area contributed by atoms with E-state index in [1.54, 1.807) is 0 Å². The summed E-state index contributed by atoms with van der Waals surface area (Å²) >= 11 is 3.39. The molecule has 1 saturated heterocycles. The minimum Gasteiger partial charge on any atom is -0.376 e. The van der Waals surface area contributed by atoms with Crippen LogP contribution in [-0.2, 0) is 4.74 Å². The number of hydrogen-bond acceptors (Lipinski definition) is 4. The molecule has 18 heavy (non-hydrogen) atoms. The molecule has 1 aromatic heterocycles. The van der Waals surface area contributed by atoms with E-state index in [0.29, 0.717) is 4.47 Å². The van der Waals surface area contributed by atoms with Crippen LogP contribution in [0.2, 0.25) is 0 Å². The summed E-state index contributed by atoms with van der Waals surface area (Å²) in [6, 6.07) is 0.188. The average molecular weight is 315 g/mol. The first kappa shape index (κ1) is 12.0. The maximum Gasteiger partial charge on any atom is 0.270 e. The molecule has 2 aliphatic heterocycles. The Labute approximate surface area is 113 Å². The number of ether oxygens (including phenoxy) is 1. The van der Waals surface area contributed by atoms with Crippen molar-refractivity contribution in [2.75, 3.05) is 18.5 Å². The maximum atomic E-state index is 11.3. The van der Waals surface area contributed by atoms with Crippen LogP contribution in [0.1, 0.15) is 35.8 Å². The van der Waals surface area contributed by atoms with Crippen molar-refractivity contribution >= 4 is 27.7 Å². The lowest BCUT2D eigenvalue weighted by molar-refractivity contribution is 0.0589. The molecule has 98 valence electrons. The molecule has 3 N–H and O–H groups in total. The normalized spacial score (nSPS) is 26.7. The third kappa shape index (κ3) is 1.81. The molecule has 7 heteroatoms. The fourth-order valence-corrected chi connectivity index (χ4v) is 3.28. The predicted molar refractivity (Wildman–Crippen MR) is 69.6 cm³/mol. The van der Waals surface area contributed by atoms with Crippen molar-refractivity contribution in [2.45, 2.75) is 31.4 Å². The number of carbonyl (C=O) groups is 1. The zero-order chi connectivity index (χ0) is 12.7. The molecule has 1 aromatic rings. The van der Waals surface area contributed by atoms with E-state index in [9.17, 15) is 4.79 Å². The zero-order valence-electron chi connectivity index (χ0n) is 9.86. The highest BCUT2D eigenvalue weighted by Crippen LogP contribution is 2.37. The van der Waals surface area contributed by atoms with Crippen LogP contribution in [0.25, 0.3) is 0 Å². The van der Waals surface area contributed by atoms with Gasteiger partial charge in [-0.2, -0.15) is 5.10 Å². The van der Waals surface area contributed by atoms with E-state index in [1.165, 1.54) is 0 Å². The lowest BCUT2D eigenvalue weighted by Gasteiger charge is -2.29. The molecular weight excluding hydrogens is 300 g/mol. The van der Waals surface area contributed by atoms with Crippen LogP contribution >= 0.6 is 15.9 Å². The highest BCUT2D eigenvalue weighted by Gasteiger charge is 2.34. The van der Waals surface area contributed by atoms with E-state index in [-0.39, 0.29) is 17.8 Å². The van der Waals surface area contributed by atoms with Gasteiger partial charge in [-0.15, -0.1) is 0 Å². The lowest BCUT2D eigenvalue weighted by Crippen LogP contribution is -2.32. The number of hydrogen-bond donors (Lipinski definition) is 2. The lowest BCUT2D eigenvalue weighted by atomic mass is 10.0. The SMILES string of the molecule is NC(=O)c1nn2c(c1Br)NCCC2C1CCCO1. The quantitative estimate of drug-likeness (QED) is 0.861. The summed E-state index contributed by atoms with van der Waals surface area (Å²) in [5.41, 5.74) is 5.60. The van der Waals surface area contributed by atoms with E-state index in [2.05, 4.69) is 26.3 Å². The van der Waals surface area contributed by atoms with E-state index in [1.807, 2.05) is 4.68 Å². The van der Waals surface area contributed by atoms with Crippen molar-refractivity contribution in [1.29, 1.82) is 0 Å². The zero-order valence-corrected chi connectivity index (χ0v) is 11.4. The molecule has 3 rings (SSSR count). The highest BCUT2D eigenvalue weighted by molar-refractivity contribution is 9.10. The average Bonchev–Trinajstić information content (AvgIpc) is 2.97. The van der Waals surface area contributed by atoms with E-state index in [0.717, 1.165) is 38.2 Å². The third-order valence-electron chi connectivity index (χ3n) is 3.53. The molecule has 0 aliphatic carbocycles. The second-order valence-electron chi connectivity index (χ2n) is 4.65. The van der Waals surface area contributed by atoms with Gasteiger partial charge in [0.1, 0.15) is 5.82 Å². The van der Waals surface area contributed by atoms with Crippen molar-refractivity contribution in [3.63, 3.8) is 0 Å². The summed E-state index contributed by atoms with van der Waals surface area (Å²) in [6.45, 7) is 1.67. The first-order valence-corrected chi connectivity index (χ1v) is 6.91. The second kappa shape index (κ2) is 4.55. The Morgan fingerprint density at radius 3 is 3.06 bits per heavy atom. The van der Waals surface area contributed by atoms with Crippen LogP contribution in [0, 0.1) is 0 Å². The molecular formula is C11H15BrN4O2. The van der Waals surface area contributed by atoms with Gasteiger partial charge in [0, 0.05) is 13.2 Å². The number of amides is 1. The van der Waals surface area contributed by atoms with Crippen LogP contribution in [0.4, 0.5) is 5.82 Å². The molecule has 2 atom stereocenters. The highest BCUT2D eigenvalue weighted by atomic mass is 79.9. The molecule has 2 unspecified atom stereocenters. The number of nitrogens with one attached hydrogen (secondary N) is 1. The van der Waals surface area contributed by atoms with Gasteiger partial charge in [-0.1, -0.05) is 0 Å². The van der Waals surface area contributed by atoms with Gasteiger partial charge in [0.25, 0.3) is 5.91 Å². The topological polar surface area (TPSA) is 82.2 Å². The first-order valence-electron chi connectivity index (χ1n) is 6.11. The van der Waals surface area contributed by atoms with Gasteiger partial charge in [-0.05, 0) is 35.2 Å². The van der Waals surface area contributed by atoms with Gasteiger partial charge in [0.15, 0.2) is 5.69 Å². The Hall–Kier alpha value is -1.08. The van der Waals surface area contributed by atoms with Crippen molar-refractivity contribution < 1.29 is 9.53 Å². The summed E-state index contributed by atoms with van der Waals surface area (Å²) in [7, 11) is 0. The summed E-state index contributed by atoms with van der Waals surface area (Å²) in [6.07, 6.45) is 3.28. The van der Waals surface area contributed by atoms with Crippen molar-refractivity contribution in [1.82, 2.24) is 9.78 Å². The number of nitrogens with two attached hydrogens (primary N) is 1. The minimum absolute atomic E-state index is 0.188. The molecule has 0 saturated carbocycles. The van der Waals surface area contributed by atoms with Crippen molar-refractivity contribution in [3.05, 3.63) is 10.2 Å². The van der Waals surface area contributed by atoms with Crippen LogP contribution in [0.3, 0.4) is 0 Å². The molecule has 0 bridgehead atoms. The molecule has 3 heterocycles. The standard InChI is InChI=1S/C11H15BrN4O2/c12-8-9(10(13)17)15-16-6(3-4-14-11(8)16)7-2-1-5-18-7/h6-7,14H,1-5H2,(H2,13,17). The fraction of sp³-hybridized carbons (Fsp3) is 0.636. The smallest absolute Gasteiger partial charge is 0.270 e. The second-order valence-corrected chi connectivity index (χ2v) is 5.45. The molecule has 1 amide bonds. The minimum atomic E-state index is -0.517. The number of fused-ring (bicyclic) bond motifs is 1. The first-order chi connectivity index (χ1) is 8.68. The fourth-order valence-electron chi connectivity index (χ4n) is 2.68. The van der Waals surface area contributed by atoms with Crippen LogP contribution < -0.4 is 11.1 Å². The summed E-state index contributed by atoms with van der Waals surface area (Å²) in [5.74, 6) is 0.312. The molecule has 6 nitrogen and oxygen atoms in total. The molecule has 1 fully saturated rings. The van der Waals surface area contributed by atoms with Gasteiger partial charge >= 0.3 is 0 Å². The monoisotopic (exact) mass is 314 g/mol. The molecule has 2 aliphatic rings. The number of carbonyl (C=O) groups excluding carboxylic acids is 1. The van der Waals surface area contributed by atoms with Gasteiger partial charge in [0.2, 0.25) is 0 Å². The van der Waals surface area contributed by atoms with Gasteiger partial charge in [-0.25, -0.2) is 4.68 Å². The number of aromatic nitrogens is 2. The number of rotatable bonds is 2. The summed E-state index contributed by atoms with van der Waals surface area (Å²) in [4.78, 5) is 11.3. The molecule has 0 aromatic carbocycles. The largest absolute Gasteiger partial charge is 0.376 e. The number of nitrogens with zero attached hydrogens (tertiary/aromatic N) is 2. The van der Waals surface area contributed by atoms with E-state index >= 15 is 0 Å². The Kier molecular flexibility index (Phi) is 3.03. The van der Waals surface area contributed by atoms with Gasteiger partial charge in [0.05, 0.1) is 16.6 Å². The summed E-state index contributed by atoms with van der Waals surface area (Å²) in [5, 5.41) is 7.58. The van der Waals surface area contributed by atoms with Gasteiger partial charge < -0.3 is 15.8 Å². The van der Waals surface area contributed by atoms with Crippen LogP contribution in [-0.4, -0.2) is 34.9 Å². The van der Waals surface area contributed by atoms with E-state index in [4.69, 9.17) is 10.5 Å². The van der Waals surface area contributed by atoms with Gasteiger partial charge in [-0.3, -0.25) is 4.79 Å². The molecule has 0 spiro atoms. The number of primary amides is 1. The number of anilines is 1. The predicted octanol–water partition coefficient (Wildman–Crippen LogP) is 1.28.